The van der Waals surface area contributed by atoms with Crippen LogP contribution in [0.25, 0.3) is 0 Å². The van der Waals surface area contributed by atoms with Crippen molar-refractivity contribution in [2.45, 2.75) is 13.8 Å². The molecule has 0 saturated carbocycles. The van der Waals surface area contributed by atoms with Gasteiger partial charge in [0, 0.05) is 31.8 Å². The molecule has 19 heavy (non-hydrogen) atoms. The monoisotopic (exact) mass is 265 g/mol. The predicted molar refractivity (Wildman–Crippen MR) is 73.3 cm³/mol. The first-order valence-corrected chi connectivity index (χ1v) is 6.14. The molecule has 0 aliphatic rings. The number of anilines is 1. The van der Waals surface area contributed by atoms with Crippen LogP contribution in [0.2, 0.25) is 0 Å². The SMILES string of the molecule is CCOc1cccc(NC(=O)NCCNC(C)=O)c1. The molecule has 0 radical (unpaired) electrons. The summed E-state index contributed by atoms with van der Waals surface area (Å²) in [5.74, 6) is 0.588. The molecule has 3 N–H and O–H groups in total. The highest BCUT2D eigenvalue weighted by atomic mass is 16.5. The van der Waals surface area contributed by atoms with E-state index in [9.17, 15) is 9.59 Å². The molecule has 0 heterocycles. The Bertz CT molecular complexity index is 435. The Morgan fingerprint density at radius 2 is 1.95 bits per heavy atom. The van der Waals surface area contributed by atoms with E-state index in [1.165, 1.54) is 6.92 Å². The summed E-state index contributed by atoms with van der Waals surface area (Å²) in [7, 11) is 0. The summed E-state index contributed by atoms with van der Waals surface area (Å²) in [6, 6.07) is 6.83. The largest absolute Gasteiger partial charge is 0.494 e. The fourth-order valence-corrected chi connectivity index (χ4v) is 1.42. The van der Waals surface area contributed by atoms with Crippen LogP contribution in [0, 0.1) is 0 Å². The van der Waals surface area contributed by atoms with Gasteiger partial charge in [-0.25, -0.2) is 4.79 Å². The summed E-state index contributed by atoms with van der Waals surface area (Å²) >= 11 is 0. The molecule has 1 aromatic rings. The topological polar surface area (TPSA) is 79.5 Å². The minimum atomic E-state index is -0.320. The molecule has 0 fully saturated rings. The second-order valence-corrected chi connectivity index (χ2v) is 3.82. The lowest BCUT2D eigenvalue weighted by atomic mass is 10.3. The Morgan fingerprint density at radius 1 is 1.21 bits per heavy atom. The highest BCUT2D eigenvalue weighted by molar-refractivity contribution is 5.89. The van der Waals surface area contributed by atoms with Crippen LogP contribution >= 0.6 is 0 Å². The number of carbonyl (C=O) groups excluding carboxylic acids is 2. The van der Waals surface area contributed by atoms with Crippen molar-refractivity contribution in [3.05, 3.63) is 24.3 Å². The van der Waals surface area contributed by atoms with E-state index in [1.807, 2.05) is 13.0 Å². The number of hydrogen-bond acceptors (Lipinski definition) is 3. The van der Waals surface area contributed by atoms with E-state index >= 15 is 0 Å². The Morgan fingerprint density at radius 3 is 2.63 bits per heavy atom. The normalized spacial score (nSPS) is 9.58. The van der Waals surface area contributed by atoms with Crippen LogP contribution in [0.15, 0.2) is 24.3 Å². The quantitative estimate of drug-likeness (QED) is 0.679. The second-order valence-electron chi connectivity index (χ2n) is 3.82. The molecule has 0 aliphatic heterocycles. The maximum atomic E-state index is 11.6. The average molecular weight is 265 g/mol. The van der Waals surface area contributed by atoms with E-state index in [0.717, 1.165) is 0 Å². The zero-order valence-electron chi connectivity index (χ0n) is 11.2. The van der Waals surface area contributed by atoms with Gasteiger partial charge in [0.25, 0.3) is 0 Å². The number of benzene rings is 1. The molecular weight excluding hydrogens is 246 g/mol. The van der Waals surface area contributed by atoms with Crippen LogP contribution < -0.4 is 20.7 Å². The number of nitrogens with one attached hydrogen (secondary N) is 3. The van der Waals surface area contributed by atoms with Crippen LogP contribution in [0.1, 0.15) is 13.8 Å². The Labute approximate surface area is 112 Å². The highest BCUT2D eigenvalue weighted by Crippen LogP contribution is 2.16. The summed E-state index contributed by atoms with van der Waals surface area (Å²) in [4.78, 5) is 22.2. The summed E-state index contributed by atoms with van der Waals surface area (Å²) in [5, 5.41) is 7.91. The van der Waals surface area contributed by atoms with Crippen molar-refractivity contribution >= 4 is 17.6 Å². The van der Waals surface area contributed by atoms with Gasteiger partial charge in [-0.3, -0.25) is 4.79 Å². The van der Waals surface area contributed by atoms with E-state index < -0.39 is 0 Å². The number of amides is 3. The first-order valence-electron chi connectivity index (χ1n) is 6.14. The zero-order chi connectivity index (χ0) is 14.1. The van der Waals surface area contributed by atoms with Gasteiger partial charge < -0.3 is 20.7 Å². The third-order valence-corrected chi connectivity index (χ3v) is 2.19. The van der Waals surface area contributed by atoms with Gasteiger partial charge >= 0.3 is 6.03 Å². The number of carbonyl (C=O) groups is 2. The van der Waals surface area contributed by atoms with Crippen molar-refractivity contribution in [2.75, 3.05) is 25.0 Å². The number of ether oxygens (including phenoxy) is 1. The van der Waals surface area contributed by atoms with Gasteiger partial charge in [-0.2, -0.15) is 0 Å². The van der Waals surface area contributed by atoms with Crippen molar-refractivity contribution < 1.29 is 14.3 Å². The van der Waals surface area contributed by atoms with Gasteiger partial charge in [0.1, 0.15) is 5.75 Å². The fourth-order valence-electron chi connectivity index (χ4n) is 1.42. The molecule has 0 spiro atoms. The lowest BCUT2D eigenvalue weighted by Gasteiger charge is -2.09. The predicted octanol–water partition coefficient (Wildman–Crippen LogP) is 1.34. The average Bonchev–Trinajstić information content (AvgIpc) is 2.35. The van der Waals surface area contributed by atoms with Crippen molar-refractivity contribution in [2.24, 2.45) is 0 Å². The van der Waals surface area contributed by atoms with Gasteiger partial charge in [-0.05, 0) is 19.1 Å². The molecule has 0 atom stereocenters. The van der Waals surface area contributed by atoms with Gasteiger partial charge in [0.05, 0.1) is 6.61 Å². The summed E-state index contributed by atoms with van der Waals surface area (Å²) in [6.45, 7) is 4.68. The second kappa shape index (κ2) is 7.97. The molecule has 0 unspecified atom stereocenters. The highest BCUT2D eigenvalue weighted by Gasteiger charge is 2.02. The lowest BCUT2D eigenvalue weighted by molar-refractivity contribution is -0.118. The summed E-state index contributed by atoms with van der Waals surface area (Å²) in [5.41, 5.74) is 0.656. The molecule has 6 heteroatoms. The lowest BCUT2D eigenvalue weighted by Crippen LogP contribution is -2.36. The van der Waals surface area contributed by atoms with Gasteiger partial charge in [-0.1, -0.05) is 6.07 Å². The molecule has 6 nitrogen and oxygen atoms in total. The molecule has 104 valence electrons. The number of urea groups is 1. The summed E-state index contributed by atoms with van der Waals surface area (Å²) in [6.07, 6.45) is 0. The van der Waals surface area contributed by atoms with Crippen LogP contribution in [0.5, 0.6) is 5.75 Å². The van der Waals surface area contributed by atoms with Gasteiger partial charge in [0.2, 0.25) is 5.91 Å². The van der Waals surface area contributed by atoms with Gasteiger partial charge in [0.15, 0.2) is 0 Å². The Kier molecular flexibility index (Phi) is 6.21. The molecule has 1 aromatic carbocycles. The van der Waals surface area contributed by atoms with Crippen molar-refractivity contribution in [3.63, 3.8) is 0 Å². The Hall–Kier alpha value is -2.24. The van der Waals surface area contributed by atoms with Crippen molar-refractivity contribution in [3.8, 4) is 5.75 Å². The fraction of sp³-hybridized carbons (Fsp3) is 0.385. The Balaban J connectivity index is 2.35. The van der Waals surface area contributed by atoms with Crippen LogP contribution in [-0.4, -0.2) is 31.6 Å². The summed E-state index contributed by atoms with van der Waals surface area (Å²) < 4.78 is 5.33. The molecule has 0 bridgehead atoms. The maximum absolute atomic E-state index is 11.6. The molecular formula is C13H19N3O3. The van der Waals surface area contributed by atoms with Crippen LogP contribution in [0.4, 0.5) is 10.5 Å². The minimum absolute atomic E-state index is 0.119. The minimum Gasteiger partial charge on any atom is -0.494 e. The van der Waals surface area contributed by atoms with Crippen molar-refractivity contribution in [1.29, 1.82) is 0 Å². The number of hydrogen-bond donors (Lipinski definition) is 3. The molecule has 0 aromatic heterocycles. The van der Waals surface area contributed by atoms with E-state index in [-0.39, 0.29) is 11.9 Å². The molecule has 0 saturated heterocycles. The van der Waals surface area contributed by atoms with E-state index in [1.54, 1.807) is 18.2 Å². The van der Waals surface area contributed by atoms with Crippen LogP contribution in [-0.2, 0) is 4.79 Å². The molecule has 1 rings (SSSR count). The third-order valence-electron chi connectivity index (χ3n) is 2.19. The maximum Gasteiger partial charge on any atom is 0.319 e. The molecule has 3 amide bonds. The van der Waals surface area contributed by atoms with Crippen LogP contribution in [0.3, 0.4) is 0 Å². The zero-order valence-corrected chi connectivity index (χ0v) is 11.2. The standard InChI is InChI=1S/C13H19N3O3/c1-3-19-12-6-4-5-11(9-12)16-13(18)15-8-7-14-10(2)17/h4-6,9H,3,7-8H2,1-2H3,(H,14,17)(H2,15,16,18). The van der Waals surface area contributed by atoms with Gasteiger partial charge in [-0.15, -0.1) is 0 Å². The third kappa shape index (κ3) is 6.30. The van der Waals surface area contributed by atoms with E-state index in [2.05, 4.69) is 16.0 Å². The smallest absolute Gasteiger partial charge is 0.319 e. The first kappa shape index (κ1) is 14.8. The molecule has 0 aliphatic carbocycles. The first-order chi connectivity index (χ1) is 9.11. The van der Waals surface area contributed by atoms with E-state index in [0.29, 0.717) is 31.1 Å². The van der Waals surface area contributed by atoms with E-state index in [4.69, 9.17) is 4.74 Å². The number of rotatable bonds is 6. The van der Waals surface area contributed by atoms with Crippen molar-refractivity contribution in [1.82, 2.24) is 10.6 Å².